The molecule has 0 unspecified atom stereocenters. The molecule has 2 rings (SSSR count). The van der Waals surface area contributed by atoms with E-state index < -0.39 is 0 Å². The predicted octanol–water partition coefficient (Wildman–Crippen LogP) is 2.25. The number of aryl methyl sites for hydroxylation is 1. The van der Waals surface area contributed by atoms with Gasteiger partial charge in [-0.3, -0.25) is 0 Å². The highest BCUT2D eigenvalue weighted by Crippen LogP contribution is 2.25. The zero-order valence-electron chi connectivity index (χ0n) is 7.17. The molecule has 2 heterocycles. The molecule has 0 aliphatic carbocycles. The van der Waals surface area contributed by atoms with Crippen LogP contribution in [0.3, 0.4) is 0 Å². The Morgan fingerprint density at radius 1 is 1.54 bits per heavy atom. The summed E-state index contributed by atoms with van der Waals surface area (Å²) >= 11 is 5.89. The van der Waals surface area contributed by atoms with E-state index in [1.54, 1.807) is 0 Å². The van der Waals surface area contributed by atoms with Gasteiger partial charge in [-0.1, -0.05) is 11.6 Å². The summed E-state index contributed by atoms with van der Waals surface area (Å²) in [5.41, 5.74) is 6.94. The molecule has 0 aliphatic heterocycles. The Labute approximate surface area is 80.5 Å². The maximum Gasteiger partial charge on any atom is 0.172 e. The van der Waals surface area contributed by atoms with Crippen LogP contribution < -0.4 is 5.73 Å². The number of fused-ring (bicyclic) bond motifs is 1. The molecule has 4 heteroatoms. The Kier molecular flexibility index (Phi) is 1.98. The summed E-state index contributed by atoms with van der Waals surface area (Å²) in [5, 5.41) is 1.35. The SMILES string of the molecule is Cc1cc2cc(CN)oc2c(Cl)n1. The van der Waals surface area contributed by atoms with Crippen molar-refractivity contribution in [1.82, 2.24) is 4.98 Å². The largest absolute Gasteiger partial charge is 0.456 e. The van der Waals surface area contributed by atoms with Crippen LogP contribution in [0.4, 0.5) is 0 Å². The fraction of sp³-hybridized carbons (Fsp3) is 0.222. The third-order valence-electron chi connectivity index (χ3n) is 1.84. The highest BCUT2D eigenvalue weighted by molar-refractivity contribution is 6.33. The number of aromatic nitrogens is 1. The minimum Gasteiger partial charge on any atom is -0.456 e. The lowest BCUT2D eigenvalue weighted by Gasteiger charge is -1.93. The van der Waals surface area contributed by atoms with Crippen molar-refractivity contribution in [3.63, 3.8) is 0 Å². The molecule has 0 radical (unpaired) electrons. The zero-order chi connectivity index (χ0) is 9.42. The molecule has 0 aromatic carbocycles. The predicted molar refractivity (Wildman–Crippen MR) is 51.6 cm³/mol. The van der Waals surface area contributed by atoms with Gasteiger partial charge in [-0.15, -0.1) is 0 Å². The minimum atomic E-state index is 0.379. The van der Waals surface area contributed by atoms with Gasteiger partial charge >= 0.3 is 0 Å². The van der Waals surface area contributed by atoms with Crippen LogP contribution in [-0.4, -0.2) is 4.98 Å². The molecule has 68 valence electrons. The smallest absolute Gasteiger partial charge is 0.172 e. The summed E-state index contributed by atoms with van der Waals surface area (Å²) < 4.78 is 5.38. The number of hydrogen-bond donors (Lipinski definition) is 1. The Morgan fingerprint density at radius 3 is 3.00 bits per heavy atom. The maximum atomic E-state index is 5.89. The van der Waals surface area contributed by atoms with Crippen LogP contribution in [0.25, 0.3) is 11.0 Å². The first-order valence-electron chi connectivity index (χ1n) is 3.96. The number of halogens is 1. The third kappa shape index (κ3) is 1.41. The van der Waals surface area contributed by atoms with Crippen LogP contribution in [0.2, 0.25) is 5.15 Å². The van der Waals surface area contributed by atoms with Gasteiger partial charge in [0.15, 0.2) is 10.7 Å². The Hall–Kier alpha value is -1.06. The van der Waals surface area contributed by atoms with Gasteiger partial charge in [0.25, 0.3) is 0 Å². The number of nitrogens with two attached hydrogens (primary N) is 1. The summed E-state index contributed by atoms with van der Waals surface area (Å²) in [6.45, 7) is 2.27. The van der Waals surface area contributed by atoms with E-state index in [1.165, 1.54) is 0 Å². The standard InChI is InChI=1S/C9H9ClN2O/c1-5-2-6-3-7(4-11)13-8(6)9(10)12-5/h2-3H,4,11H2,1H3. The molecule has 2 aromatic heterocycles. The molecule has 2 aromatic rings. The number of pyridine rings is 1. The van der Waals surface area contributed by atoms with E-state index in [1.807, 2.05) is 19.1 Å². The first-order chi connectivity index (χ1) is 6.20. The summed E-state index contributed by atoms with van der Waals surface area (Å²) in [7, 11) is 0. The van der Waals surface area contributed by atoms with Crippen LogP contribution >= 0.6 is 11.6 Å². The second kappa shape index (κ2) is 3.01. The molecule has 0 atom stereocenters. The number of furan rings is 1. The van der Waals surface area contributed by atoms with Gasteiger partial charge in [0, 0.05) is 11.1 Å². The maximum absolute atomic E-state index is 5.89. The second-order valence-electron chi connectivity index (χ2n) is 2.89. The molecule has 13 heavy (non-hydrogen) atoms. The molecule has 3 nitrogen and oxygen atoms in total. The zero-order valence-corrected chi connectivity index (χ0v) is 7.93. The Bertz CT molecular complexity index is 450. The Morgan fingerprint density at radius 2 is 2.31 bits per heavy atom. The summed E-state index contributed by atoms with van der Waals surface area (Å²) in [4.78, 5) is 4.08. The molecular formula is C9H9ClN2O. The van der Waals surface area contributed by atoms with E-state index in [4.69, 9.17) is 21.8 Å². The molecule has 0 bridgehead atoms. The monoisotopic (exact) mass is 196 g/mol. The molecule has 0 saturated heterocycles. The van der Waals surface area contributed by atoms with Crippen LogP contribution in [0.5, 0.6) is 0 Å². The minimum absolute atomic E-state index is 0.379. The van der Waals surface area contributed by atoms with E-state index in [9.17, 15) is 0 Å². The van der Waals surface area contributed by atoms with Gasteiger partial charge in [-0.2, -0.15) is 0 Å². The fourth-order valence-corrected chi connectivity index (χ4v) is 1.57. The summed E-state index contributed by atoms with van der Waals surface area (Å²) in [5.74, 6) is 0.726. The van der Waals surface area contributed by atoms with Crippen LogP contribution in [-0.2, 0) is 6.54 Å². The van der Waals surface area contributed by atoms with Gasteiger partial charge in [0.2, 0.25) is 0 Å². The van der Waals surface area contributed by atoms with Crippen molar-refractivity contribution in [3.05, 3.63) is 28.7 Å². The molecule has 0 amide bonds. The number of hydrogen-bond acceptors (Lipinski definition) is 3. The van der Waals surface area contributed by atoms with Crippen molar-refractivity contribution in [2.45, 2.75) is 13.5 Å². The molecule has 0 spiro atoms. The molecule has 0 saturated carbocycles. The van der Waals surface area contributed by atoms with Gasteiger partial charge in [0.05, 0.1) is 6.54 Å². The number of nitrogens with zero attached hydrogens (tertiary/aromatic N) is 1. The van der Waals surface area contributed by atoms with E-state index in [2.05, 4.69) is 4.98 Å². The number of rotatable bonds is 1. The Balaban J connectivity index is 2.75. The second-order valence-corrected chi connectivity index (χ2v) is 3.25. The van der Waals surface area contributed by atoms with Crippen molar-refractivity contribution in [2.24, 2.45) is 5.73 Å². The molecule has 2 N–H and O–H groups in total. The van der Waals surface area contributed by atoms with E-state index in [-0.39, 0.29) is 0 Å². The van der Waals surface area contributed by atoms with Crippen LogP contribution in [0.1, 0.15) is 11.5 Å². The third-order valence-corrected chi connectivity index (χ3v) is 2.10. The molecule has 0 aliphatic rings. The highest BCUT2D eigenvalue weighted by Gasteiger charge is 2.07. The lowest BCUT2D eigenvalue weighted by molar-refractivity contribution is 0.551. The lowest BCUT2D eigenvalue weighted by Crippen LogP contribution is -1.92. The van der Waals surface area contributed by atoms with Crippen molar-refractivity contribution in [2.75, 3.05) is 0 Å². The average molecular weight is 197 g/mol. The lowest BCUT2D eigenvalue weighted by atomic mass is 10.2. The average Bonchev–Trinajstić information content (AvgIpc) is 2.47. The normalized spacial score (nSPS) is 11.0. The van der Waals surface area contributed by atoms with Gasteiger partial charge in [0.1, 0.15) is 5.76 Å². The van der Waals surface area contributed by atoms with Crippen LogP contribution in [0, 0.1) is 6.92 Å². The topological polar surface area (TPSA) is 52.0 Å². The molecule has 0 fully saturated rings. The highest BCUT2D eigenvalue weighted by atomic mass is 35.5. The van der Waals surface area contributed by atoms with Gasteiger partial charge < -0.3 is 10.2 Å². The van der Waals surface area contributed by atoms with Gasteiger partial charge in [-0.25, -0.2) is 4.98 Å². The van der Waals surface area contributed by atoms with Crippen molar-refractivity contribution in [1.29, 1.82) is 0 Å². The molecular weight excluding hydrogens is 188 g/mol. The first kappa shape index (κ1) is 8.53. The van der Waals surface area contributed by atoms with Crippen LogP contribution in [0.15, 0.2) is 16.5 Å². The van der Waals surface area contributed by atoms with Gasteiger partial charge in [-0.05, 0) is 19.1 Å². The van der Waals surface area contributed by atoms with E-state index in [0.29, 0.717) is 17.3 Å². The van der Waals surface area contributed by atoms with E-state index in [0.717, 1.165) is 16.8 Å². The van der Waals surface area contributed by atoms with E-state index >= 15 is 0 Å². The van der Waals surface area contributed by atoms with Crippen molar-refractivity contribution >= 4 is 22.6 Å². The summed E-state index contributed by atoms with van der Waals surface area (Å²) in [6.07, 6.45) is 0. The van der Waals surface area contributed by atoms with Crippen molar-refractivity contribution < 1.29 is 4.42 Å². The fourth-order valence-electron chi connectivity index (χ4n) is 1.29. The van der Waals surface area contributed by atoms with Crippen molar-refractivity contribution in [3.8, 4) is 0 Å². The first-order valence-corrected chi connectivity index (χ1v) is 4.34. The quantitative estimate of drug-likeness (QED) is 0.712. The summed E-state index contributed by atoms with van der Waals surface area (Å²) in [6, 6.07) is 3.81.